The summed E-state index contributed by atoms with van der Waals surface area (Å²) in [6.07, 6.45) is 0.956. The second-order valence-electron chi connectivity index (χ2n) is 7.38. The lowest BCUT2D eigenvalue weighted by molar-refractivity contribution is -0.122. The second kappa shape index (κ2) is 11.5. The Morgan fingerprint density at radius 2 is 1.68 bits per heavy atom. The summed E-state index contributed by atoms with van der Waals surface area (Å²) in [7, 11) is -3.40. The number of carbonyl (C=O) groups is 1. The van der Waals surface area contributed by atoms with E-state index in [9.17, 15) is 13.2 Å². The summed E-state index contributed by atoms with van der Waals surface area (Å²) in [6, 6.07) is 16.9. The minimum Gasteiger partial charge on any atom is -0.484 e. The number of amides is 1. The van der Waals surface area contributed by atoms with Gasteiger partial charge in [-0.2, -0.15) is 4.31 Å². The van der Waals surface area contributed by atoms with Gasteiger partial charge in [-0.15, -0.1) is 0 Å². The fraction of sp³-hybridized carbons (Fsp3) is 0.409. The Labute approximate surface area is 189 Å². The van der Waals surface area contributed by atoms with Crippen molar-refractivity contribution in [1.82, 2.24) is 14.5 Å². The van der Waals surface area contributed by atoms with E-state index in [1.54, 1.807) is 24.3 Å². The molecule has 1 aliphatic rings. The average molecular weight is 466 g/mol. The van der Waals surface area contributed by atoms with E-state index in [4.69, 9.17) is 16.3 Å². The summed E-state index contributed by atoms with van der Waals surface area (Å²) in [5.41, 5.74) is 1.29. The van der Waals surface area contributed by atoms with Crippen LogP contribution in [0.4, 0.5) is 0 Å². The van der Waals surface area contributed by atoms with E-state index in [0.29, 0.717) is 37.0 Å². The SMILES string of the molecule is O=C(COc1ccc(Cl)cc1)NCCS(=O)(=O)N1CCN(CCc2ccccc2)CC1. The van der Waals surface area contributed by atoms with Crippen LogP contribution in [0.1, 0.15) is 5.56 Å². The first-order valence-electron chi connectivity index (χ1n) is 10.3. The average Bonchev–Trinajstić information content (AvgIpc) is 2.78. The van der Waals surface area contributed by atoms with Crippen molar-refractivity contribution in [3.63, 3.8) is 0 Å². The molecule has 3 rings (SSSR count). The molecule has 1 N–H and O–H groups in total. The standard InChI is InChI=1S/C22H28ClN3O4S/c23-20-6-8-21(9-7-20)30-18-22(27)24-11-17-31(28,29)26-15-13-25(14-16-26)12-10-19-4-2-1-3-5-19/h1-9H,10-18H2,(H,24,27). The van der Waals surface area contributed by atoms with Gasteiger partial charge in [0.25, 0.3) is 5.91 Å². The first kappa shape index (κ1) is 23.5. The fourth-order valence-corrected chi connectivity index (χ4v) is 4.81. The van der Waals surface area contributed by atoms with Crippen molar-refractivity contribution < 1.29 is 17.9 Å². The van der Waals surface area contributed by atoms with Crippen molar-refractivity contribution in [1.29, 1.82) is 0 Å². The van der Waals surface area contributed by atoms with Gasteiger partial charge in [-0.1, -0.05) is 41.9 Å². The molecule has 0 spiro atoms. The molecule has 2 aromatic carbocycles. The van der Waals surface area contributed by atoms with Gasteiger partial charge in [-0.3, -0.25) is 4.79 Å². The molecule has 7 nitrogen and oxygen atoms in total. The zero-order valence-electron chi connectivity index (χ0n) is 17.4. The van der Waals surface area contributed by atoms with Crippen LogP contribution in [-0.4, -0.2) is 75.2 Å². The molecular weight excluding hydrogens is 438 g/mol. The number of hydrogen-bond donors (Lipinski definition) is 1. The molecule has 0 aromatic heterocycles. The van der Waals surface area contributed by atoms with Crippen molar-refractivity contribution in [2.24, 2.45) is 0 Å². The van der Waals surface area contributed by atoms with Gasteiger partial charge in [0.05, 0.1) is 5.75 Å². The van der Waals surface area contributed by atoms with E-state index in [1.807, 2.05) is 18.2 Å². The molecule has 0 unspecified atom stereocenters. The van der Waals surface area contributed by atoms with E-state index in [0.717, 1.165) is 13.0 Å². The molecule has 9 heteroatoms. The Kier molecular flexibility index (Phi) is 8.71. The number of halogens is 1. The third kappa shape index (κ3) is 7.81. The normalized spacial score (nSPS) is 15.5. The van der Waals surface area contributed by atoms with Crippen LogP contribution in [0.3, 0.4) is 0 Å². The predicted molar refractivity (Wildman–Crippen MR) is 122 cm³/mol. The van der Waals surface area contributed by atoms with Crippen molar-refractivity contribution in [2.45, 2.75) is 6.42 Å². The number of carbonyl (C=O) groups excluding carboxylic acids is 1. The van der Waals surface area contributed by atoms with Crippen LogP contribution >= 0.6 is 11.6 Å². The molecule has 0 saturated carbocycles. The van der Waals surface area contributed by atoms with Gasteiger partial charge in [0.1, 0.15) is 5.75 Å². The maximum absolute atomic E-state index is 12.6. The molecule has 168 valence electrons. The fourth-order valence-electron chi connectivity index (χ4n) is 3.34. The van der Waals surface area contributed by atoms with E-state index in [2.05, 4.69) is 22.3 Å². The summed E-state index contributed by atoms with van der Waals surface area (Å²) in [5.74, 6) is 0.0390. The van der Waals surface area contributed by atoms with Gasteiger partial charge < -0.3 is 15.0 Å². The van der Waals surface area contributed by atoms with E-state index >= 15 is 0 Å². The van der Waals surface area contributed by atoms with E-state index in [-0.39, 0.29) is 24.8 Å². The van der Waals surface area contributed by atoms with Gasteiger partial charge in [0.15, 0.2) is 6.61 Å². The second-order valence-corrected chi connectivity index (χ2v) is 9.91. The van der Waals surface area contributed by atoms with Gasteiger partial charge in [-0.25, -0.2) is 8.42 Å². The zero-order valence-corrected chi connectivity index (χ0v) is 18.9. The number of piperazine rings is 1. The summed E-state index contributed by atoms with van der Waals surface area (Å²) < 4.78 is 32.0. The maximum atomic E-state index is 12.6. The highest BCUT2D eigenvalue weighted by atomic mass is 35.5. The number of hydrogen-bond acceptors (Lipinski definition) is 5. The lowest BCUT2D eigenvalue weighted by atomic mass is 10.1. The van der Waals surface area contributed by atoms with Gasteiger partial charge in [-0.05, 0) is 36.2 Å². The Morgan fingerprint density at radius 3 is 2.35 bits per heavy atom. The lowest BCUT2D eigenvalue weighted by Crippen LogP contribution is -2.50. The molecule has 1 aliphatic heterocycles. The summed E-state index contributed by atoms with van der Waals surface area (Å²) >= 11 is 5.80. The monoisotopic (exact) mass is 465 g/mol. The molecule has 1 heterocycles. The smallest absolute Gasteiger partial charge is 0.257 e. The largest absolute Gasteiger partial charge is 0.484 e. The van der Waals surface area contributed by atoms with Crippen LogP contribution in [0.2, 0.25) is 5.02 Å². The minimum absolute atomic E-state index is 0.0549. The summed E-state index contributed by atoms with van der Waals surface area (Å²) in [4.78, 5) is 14.2. The highest BCUT2D eigenvalue weighted by Crippen LogP contribution is 2.15. The van der Waals surface area contributed by atoms with Crippen LogP contribution in [0.25, 0.3) is 0 Å². The lowest BCUT2D eigenvalue weighted by Gasteiger charge is -2.34. The van der Waals surface area contributed by atoms with Gasteiger partial charge in [0, 0.05) is 44.3 Å². The van der Waals surface area contributed by atoms with Crippen LogP contribution in [0.15, 0.2) is 54.6 Å². The number of benzene rings is 2. The molecule has 0 aliphatic carbocycles. The number of ether oxygens (including phenoxy) is 1. The first-order chi connectivity index (χ1) is 14.9. The third-order valence-corrected chi connectivity index (χ3v) is 7.27. The van der Waals surface area contributed by atoms with Gasteiger partial charge >= 0.3 is 0 Å². The highest BCUT2D eigenvalue weighted by molar-refractivity contribution is 7.89. The third-order valence-electron chi connectivity index (χ3n) is 5.15. The highest BCUT2D eigenvalue weighted by Gasteiger charge is 2.26. The quantitative estimate of drug-likeness (QED) is 0.580. The number of rotatable bonds is 10. The molecular formula is C22H28ClN3O4S. The Balaban J connectivity index is 1.33. The molecule has 2 aromatic rings. The van der Waals surface area contributed by atoms with E-state index in [1.165, 1.54) is 9.87 Å². The van der Waals surface area contributed by atoms with Crippen molar-refractivity contribution in [3.05, 3.63) is 65.2 Å². The predicted octanol–water partition coefficient (Wildman–Crippen LogP) is 2.03. The summed E-state index contributed by atoms with van der Waals surface area (Å²) in [5, 5.41) is 3.18. The van der Waals surface area contributed by atoms with Crippen LogP contribution < -0.4 is 10.1 Å². The Bertz CT molecular complexity index is 931. The van der Waals surface area contributed by atoms with Crippen molar-refractivity contribution >= 4 is 27.5 Å². The Hall–Kier alpha value is -2.13. The molecule has 1 saturated heterocycles. The van der Waals surface area contributed by atoms with Crippen LogP contribution in [-0.2, 0) is 21.2 Å². The first-order valence-corrected chi connectivity index (χ1v) is 12.3. The minimum atomic E-state index is -3.40. The summed E-state index contributed by atoms with van der Waals surface area (Å²) in [6.45, 7) is 3.18. The molecule has 0 radical (unpaired) electrons. The number of nitrogens with one attached hydrogen (secondary N) is 1. The van der Waals surface area contributed by atoms with Crippen LogP contribution in [0.5, 0.6) is 5.75 Å². The molecule has 0 atom stereocenters. The van der Waals surface area contributed by atoms with Gasteiger partial charge in [0.2, 0.25) is 10.0 Å². The molecule has 1 amide bonds. The zero-order chi connectivity index (χ0) is 22.1. The number of sulfonamides is 1. The number of nitrogens with zero attached hydrogens (tertiary/aromatic N) is 2. The molecule has 1 fully saturated rings. The van der Waals surface area contributed by atoms with Crippen molar-refractivity contribution in [3.8, 4) is 5.75 Å². The molecule has 0 bridgehead atoms. The van der Waals surface area contributed by atoms with Crippen LogP contribution in [0, 0.1) is 0 Å². The maximum Gasteiger partial charge on any atom is 0.257 e. The van der Waals surface area contributed by atoms with E-state index < -0.39 is 10.0 Å². The topological polar surface area (TPSA) is 78.9 Å². The molecule has 31 heavy (non-hydrogen) atoms. The van der Waals surface area contributed by atoms with Crippen molar-refractivity contribution in [2.75, 3.05) is 51.6 Å². The Morgan fingerprint density at radius 1 is 1.00 bits per heavy atom.